The minimum absolute atomic E-state index is 0.0552. The Kier molecular flexibility index (Phi) is 9.37. The monoisotopic (exact) mass is 340 g/mol. The second-order valence-corrected chi connectivity index (χ2v) is 8.43. The van der Waals surface area contributed by atoms with Crippen LogP contribution in [-0.4, -0.2) is 29.7 Å². The molecule has 0 aromatic rings. The molecule has 0 aliphatic carbocycles. The number of rotatable bonds is 12. The van der Waals surface area contributed by atoms with Gasteiger partial charge in [-0.05, 0) is 38.6 Å². The molecule has 0 fully saturated rings. The molecular formula is C20H40N2O2. The molecule has 0 aromatic carbocycles. The molecule has 3 N–H and O–H groups in total. The van der Waals surface area contributed by atoms with Crippen molar-refractivity contribution in [2.24, 2.45) is 23.0 Å². The minimum Gasteiger partial charge on any atom is -0.330 e. The Labute approximate surface area is 149 Å². The fourth-order valence-corrected chi connectivity index (χ4v) is 2.86. The van der Waals surface area contributed by atoms with Gasteiger partial charge in [0.2, 0.25) is 0 Å². The summed E-state index contributed by atoms with van der Waals surface area (Å²) in [6.07, 6.45) is 3.19. The van der Waals surface area contributed by atoms with E-state index in [1.165, 1.54) is 0 Å². The van der Waals surface area contributed by atoms with Crippen molar-refractivity contribution in [3.63, 3.8) is 0 Å². The van der Waals surface area contributed by atoms with E-state index in [2.05, 4.69) is 19.2 Å². The zero-order valence-corrected chi connectivity index (χ0v) is 17.2. The summed E-state index contributed by atoms with van der Waals surface area (Å²) in [7, 11) is 0. The largest absolute Gasteiger partial charge is 0.330 e. The van der Waals surface area contributed by atoms with E-state index in [-0.39, 0.29) is 29.4 Å². The predicted molar refractivity (Wildman–Crippen MR) is 102 cm³/mol. The summed E-state index contributed by atoms with van der Waals surface area (Å²) in [4.78, 5) is 25.9. The van der Waals surface area contributed by atoms with Crippen LogP contribution in [0.2, 0.25) is 0 Å². The van der Waals surface area contributed by atoms with Gasteiger partial charge in [-0.25, -0.2) is 0 Å². The average Bonchev–Trinajstić information content (AvgIpc) is 2.52. The van der Waals surface area contributed by atoms with Crippen LogP contribution in [0.5, 0.6) is 0 Å². The van der Waals surface area contributed by atoms with Crippen molar-refractivity contribution in [1.29, 1.82) is 0 Å². The molecule has 0 aliphatic rings. The summed E-state index contributed by atoms with van der Waals surface area (Å²) in [6, 6.07) is -0.304. The van der Waals surface area contributed by atoms with Gasteiger partial charge in [0.1, 0.15) is 0 Å². The van der Waals surface area contributed by atoms with E-state index in [0.717, 1.165) is 19.3 Å². The van der Waals surface area contributed by atoms with Gasteiger partial charge in [-0.15, -0.1) is 0 Å². The highest BCUT2D eigenvalue weighted by Gasteiger charge is 2.41. The molecule has 0 aliphatic heterocycles. The molecule has 0 rings (SSSR count). The van der Waals surface area contributed by atoms with E-state index in [1.54, 1.807) is 0 Å². The Bertz CT molecular complexity index is 416. The summed E-state index contributed by atoms with van der Waals surface area (Å²) >= 11 is 0. The standard InChI is InChI=1S/C20H40N2O2/c1-9-20(8,17(23)14(2)3)22-16(12-10-11-13-21)18(24)19(6,7)15(4)5/h14-16,22H,9-13,21H2,1-8H3/t16-,20?/m0/s1. The summed E-state index contributed by atoms with van der Waals surface area (Å²) in [5.74, 6) is 0.563. The number of Topliss-reactive ketones (excluding diaryl/α,β-unsaturated/α-hetero) is 2. The second-order valence-electron chi connectivity index (χ2n) is 8.43. The topological polar surface area (TPSA) is 72.2 Å². The number of nitrogens with one attached hydrogen (secondary N) is 1. The zero-order chi connectivity index (χ0) is 19.1. The Morgan fingerprint density at radius 1 is 1.00 bits per heavy atom. The van der Waals surface area contributed by atoms with Crippen LogP contribution in [0, 0.1) is 17.3 Å². The normalized spacial score (nSPS) is 16.3. The SMILES string of the molecule is CCC(C)(N[C@@H](CCCCN)C(=O)C(C)(C)C(C)C)C(=O)C(C)C. The summed E-state index contributed by atoms with van der Waals surface area (Å²) in [5, 5.41) is 3.44. The highest BCUT2D eigenvalue weighted by atomic mass is 16.1. The molecule has 0 saturated carbocycles. The Morgan fingerprint density at radius 3 is 1.92 bits per heavy atom. The number of carbonyl (C=O) groups excluding carboxylic acids is 2. The number of nitrogens with two attached hydrogens (primary N) is 1. The fraction of sp³-hybridized carbons (Fsp3) is 0.900. The van der Waals surface area contributed by atoms with Gasteiger partial charge >= 0.3 is 0 Å². The first-order chi connectivity index (χ1) is 10.9. The lowest BCUT2D eigenvalue weighted by Crippen LogP contribution is -2.59. The van der Waals surface area contributed by atoms with E-state index in [4.69, 9.17) is 5.73 Å². The van der Waals surface area contributed by atoms with Gasteiger partial charge in [-0.1, -0.05) is 54.9 Å². The first-order valence-electron chi connectivity index (χ1n) is 9.50. The maximum absolute atomic E-state index is 13.2. The minimum atomic E-state index is -0.662. The molecule has 4 heteroatoms. The third-order valence-electron chi connectivity index (χ3n) is 5.61. The Hall–Kier alpha value is -0.740. The lowest BCUT2D eigenvalue weighted by molar-refractivity contribution is -0.134. The van der Waals surface area contributed by atoms with Crippen LogP contribution in [0.4, 0.5) is 0 Å². The van der Waals surface area contributed by atoms with Gasteiger partial charge < -0.3 is 5.73 Å². The molecule has 24 heavy (non-hydrogen) atoms. The zero-order valence-electron chi connectivity index (χ0n) is 17.2. The van der Waals surface area contributed by atoms with Gasteiger partial charge in [0.05, 0.1) is 11.6 Å². The second kappa shape index (κ2) is 9.67. The van der Waals surface area contributed by atoms with Crippen molar-refractivity contribution in [2.75, 3.05) is 6.54 Å². The lowest BCUT2D eigenvalue weighted by Gasteiger charge is -2.38. The molecule has 0 aromatic heterocycles. The van der Waals surface area contributed by atoms with Gasteiger partial charge in [-0.3, -0.25) is 14.9 Å². The van der Waals surface area contributed by atoms with Crippen molar-refractivity contribution in [1.82, 2.24) is 5.32 Å². The Balaban J connectivity index is 5.47. The van der Waals surface area contributed by atoms with Gasteiger partial charge in [0.15, 0.2) is 11.6 Å². The number of hydrogen-bond donors (Lipinski definition) is 2. The van der Waals surface area contributed by atoms with Crippen LogP contribution < -0.4 is 11.1 Å². The van der Waals surface area contributed by atoms with Crippen molar-refractivity contribution < 1.29 is 9.59 Å². The van der Waals surface area contributed by atoms with Gasteiger partial charge in [0.25, 0.3) is 0 Å². The molecule has 142 valence electrons. The Morgan fingerprint density at radius 2 is 1.54 bits per heavy atom. The molecule has 0 heterocycles. The summed E-state index contributed by atoms with van der Waals surface area (Å²) in [5.41, 5.74) is 4.52. The van der Waals surface area contributed by atoms with Crippen LogP contribution in [0.15, 0.2) is 0 Å². The van der Waals surface area contributed by atoms with Crippen molar-refractivity contribution >= 4 is 11.6 Å². The van der Waals surface area contributed by atoms with Crippen LogP contribution in [-0.2, 0) is 9.59 Å². The molecular weight excluding hydrogens is 300 g/mol. The smallest absolute Gasteiger partial charge is 0.155 e. The maximum atomic E-state index is 13.2. The number of unbranched alkanes of at least 4 members (excludes halogenated alkanes) is 1. The quantitative estimate of drug-likeness (QED) is 0.531. The molecule has 0 amide bonds. The van der Waals surface area contributed by atoms with Gasteiger partial charge in [-0.2, -0.15) is 0 Å². The van der Waals surface area contributed by atoms with E-state index >= 15 is 0 Å². The molecule has 1 unspecified atom stereocenters. The van der Waals surface area contributed by atoms with Crippen LogP contribution in [0.25, 0.3) is 0 Å². The number of carbonyl (C=O) groups is 2. The number of hydrogen-bond acceptors (Lipinski definition) is 4. The van der Waals surface area contributed by atoms with Crippen molar-refractivity contribution in [3.8, 4) is 0 Å². The summed E-state index contributed by atoms with van der Waals surface area (Å²) in [6.45, 7) is 16.6. The van der Waals surface area contributed by atoms with E-state index in [1.807, 2.05) is 41.5 Å². The first kappa shape index (κ1) is 23.3. The van der Waals surface area contributed by atoms with Gasteiger partial charge in [0, 0.05) is 11.3 Å². The highest BCUT2D eigenvalue weighted by molar-refractivity contribution is 5.93. The van der Waals surface area contributed by atoms with Crippen LogP contribution in [0.1, 0.15) is 81.1 Å². The third-order valence-corrected chi connectivity index (χ3v) is 5.61. The molecule has 0 bridgehead atoms. The maximum Gasteiger partial charge on any atom is 0.155 e. The van der Waals surface area contributed by atoms with Crippen LogP contribution >= 0.6 is 0 Å². The number of ketones is 2. The van der Waals surface area contributed by atoms with E-state index in [0.29, 0.717) is 13.0 Å². The predicted octanol–water partition coefficient (Wildman–Crippen LogP) is 3.72. The van der Waals surface area contributed by atoms with E-state index in [9.17, 15) is 9.59 Å². The molecule has 2 atom stereocenters. The lowest BCUT2D eigenvalue weighted by atomic mass is 9.73. The molecule has 0 spiro atoms. The third kappa shape index (κ3) is 5.96. The molecule has 4 nitrogen and oxygen atoms in total. The first-order valence-corrected chi connectivity index (χ1v) is 9.50. The van der Waals surface area contributed by atoms with Crippen molar-refractivity contribution in [3.05, 3.63) is 0 Å². The average molecular weight is 341 g/mol. The fourth-order valence-electron chi connectivity index (χ4n) is 2.86. The highest BCUT2D eigenvalue weighted by Crippen LogP contribution is 2.31. The summed E-state index contributed by atoms with van der Waals surface area (Å²) < 4.78 is 0. The van der Waals surface area contributed by atoms with Crippen molar-refractivity contribution in [2.45, 2.75) is 92.7 Å². The molecule has 0 saturated heterocycles. The van der Waals surface area contributed by atoms with Crippen LogP contribution in [0.3, 0.4) is 0 Å². The van der Waals surface area contributed by atoms with E-state index < -0.39 is 11.0 Å². The molecule has 0 radical (unpaired) electrons.